The molecule has 0 radical (unpaired) electrons. The number of aromatic nitrogens is 3. The summed E-state index contributed by atoms with van der Waals surface area (Å²) in [4.78, 5) is 13.3. The van der Waals surface area contributed by atoms with Gasteiger partial charge in [-0.05, 0) is 43.0 Å². The fourth-order valence-electron chi connectivity index (χ4n) is 3.67. The summed E-state index contributed by atoms with van der Waals surface area (Å²) < 4.78 is 6.16. The van der Waals surface area contributed by atoms with Gasteiger partial charge in [0.15, 0.2) is 0 Å². The van der Waals surface area contributed by atoms with Gasteiger partial charge in [0, 0.05) is 12.4 Å². The Morgan fingerprint density at radius 3 is 2.66 bits per heavy atom. The van der Waals surface area contributed by atoms with Crippen molar-refractivity contribution in [3.05, 3.63) is 83.9 Å². The number of rotatable bonds is 7. The van der Waals surface area contributed by atoms with Crippen LogP contribution in [0.3, 0.4) is 0 Å². The van der Waals surface area contributed by atoms with Crippen LogP contribution in [0.1, 0.15) is 42.1 Å². The van der Waals surface area contributed by atoms with E-state index < -0.39 is 5.92 Å². The lowest BCUT2D eigenvalue weighted by molar-refractivity contribution is 0.0393. The molecule has 4 rings (SSSR count). The molecule has 3 atom stereocenters. The molecule has 2 heterocycles. The highest BCUT2D eigenvalue weighted by molar-refractivity contribution is 5.35. The van der Waals surface area contributed by atoms with Crippen LogP contribution in [0.25, 0.3) is 0 Å². The molecule has 0 aliphatic heterocycles. The van der Waals surface area contributed by atoms with E-state index in [1.54, 1.807) is 18.5 Å². The molecular weight excluding hydrogens is 362 g/mol. The van der Waals surface area contributed by atoms with Crippen LogP contribution in [0.2, 0.25) is 0 Å². The van der Waals surface area contributed by atoms with E-state index in [1.165, 1.54) is 5.56 Å². The van der Waals surface area contributed by atoms with Gasteiger partial charge >= 0.3 is 0 Å². The number of pyridine rings is 1. The Labute approximate surface area is 170 Å². The van der Waals surface area contributed by atoms with Crippen molar-refractivity contribution in [2.45, 2.75) is 43.9 Å². The van der Waals surface area contributed by atoms with Gasteiger partial charge in [-0.25, -0.2) is 9.97 Å². The number of nitrogens with zero attached hydrogens (tertiary/aromatic N) is 4. The zero-order chi connectivity index (χ0) is 19.9. The van der Waals surface area contributed by atoms with E-state index in [1.807, 2.05) is 36.4 Å². The lowest BCUT2D eigenvalue weighted by Crippen LogP contribution is -2.31. The zero-order valence-electron chi connectivity index (χ0n) is 16.1. The number of ether oxygens (including phenoxy) is 1. The van der Waals surface area contributed by atoms with Gasteiger partial charge in [0.05, 0.1) is 36.2 Å². The monoisotopic (exact) mass is 385 g/mol. The van der Waals surface area contributed by atoms with Crippen molar-refractivity contribution >= 4 is 5.95 Å². The minimum Gasteiger partial charge on any atom is -0.371 e. The molecule has 146 valence electrons. The predicted octanol–water partition coefficient (Wildman–Crippen LogP) is 4.08. The molecule has 2 aromatic heterocycles. The van der Waals surface area contributed by atoms with Crippen LogP contribution in [0.5, 0.6) is 0 Å². The Morgan fingerprint density at radius 2 is 1.86 bits per heavy atom. The normalized spacial score (nSPS) is 19.4. The Bertz CT molecular complexity index is 958. The first-order chi connectivity index (χ1) is 14.3. The fourth-order valence-corrected chi connectivity index (χ4v) is 3.67. The second-order valence-corrected chi connectivity index (χ2v) is 7.14. The highest BCUT2D eigenvalue weighted by atomic mass is 16.5. The highest BCUT2D eigenvalue weighted by Gasteiger charge is 2.29. The first kappa shape index (κ1) is 19.0. The van der Waals surface area contributed by atoms with Crippen molar-refractivity contribution in [1.29, 1.82) is 5.26 Å². The van der Waals surface area contributed by atoms with E-state index in [2.05, 4.69) is 38.5 Å². The molecule has 1 aromatic carbocycles. The van der Waals surface area contributed by atoms with Crippen molar-refractivity contribution in [2.75, 3.05) is 5.32 Å². The standard InChI is InChI=1S/C23H23N5O/c24-15-18(19-9-4-5-13-25-19)20-12-14-26-23(27-20)28-21-10-6-11-22(21)29-16-17-7-2-1-3-8-17/h1-5,7-9,12-14,18,21-22H,6,10-11,16H2,(H,26,27,28). The van der Waals surface area contributed by atoms with Gasteiger partial charge in [-0.3, -0.25) is 4.98 Å². The van der Waals surface area contributed by atoms with Gasteiger partial charge < -0.3 is 10.1 Å². The van der Waals surface area contributed by atoms with Crippen molar-refractivity contribution in [1.82, 2.24) is 15.0 Å². The van der Waals surface area contributed by atoms with E-state index >= 15 is 0 Å². The van der Waals surface area contributed by atoms with Crippen LogP contribution in [0.4, 0.5) is 5.95 Å². The minimum absolute atomic E-state index is 0.116. The number of nitriles is 1. The van der Waals surface area contributed by atoms with Crippen molar-refractivity contribution in [2.24, 2.45) is 0 Å². The summed E-state index contributed by atoms with van der Waals surface area (Å²) in [6, 6.07) is 20.0. The Balaban J connectivity index is 1.44. The van der Waals surface area contributed by atoms with Crippen LogP contribution in [-0.2, 0) is 11.3 Å². The highest BCUT2D eigenvalue weighted by Crippen LogP contribution is 2.26. The van der Waals surface area contributed by atoms with E-state index in [-0.39, 0.29) is 12.1 Å². The van der Waals surface area contributed by atoms with Crippen molar-refractivity contribution in [3.8, 4) is 6.07 Å². The molecule has 3 aromatic rings. The number of anilines is 1. The predicted molar refractivity (Wildman–Crippen MR) is 110 cm³/mol. The third-order valence-corrected chi connectivity index (χ3v) is 5.16. The van der Waals surface area contributed by atoms with Crippen LogP contribution < -0.4 is 5.32 Å². The van der Waals surface area contributed by atoms with Gasteiger partial charge in [-0.1, -0.05) is 36.4 Å². The maximum absolute atomic E-state index is 9.64. The van der Waals surface area contributed by atoms with E-state index in [9.17, 15) is 5.26 Å². The molecule has 1 aliphatic carbocycles. The van der Waals surface area contributed by atoms with Gasteiger partial charge in [-0.2, -0.15) is 5.26 Å². The van der Waals surface area contributed by atoms with Crippen molar-refractivity contribution < 1.29 is 4.74 Å². The van der Waals surface area contributed by atoms with Gasteiger partial charge in [0.1, 0.15) is 5.92 Å². The molecule has 3 unspecified atom stereocenters. The Kier molecular flexibility index (Phi) is 6.08. The summed E-state index contributed by atoms with van der Waals surface area (Å²) in [6.45, 7) is 0.598. The molecule has 1 fully saturated rings. The maximum atomic E-state index is 9.64. The second kappa shape index (κ2) is 9.26. The van der Waals surface area contributed by atoms with Crippen LogP contribution in [0, 0.1) is 11.3 Å². The van der Waals surface area contributed by atoms with Crippen LogP contribution in [0.15, 0.2) is 67.0 Å². The molecule has 1 saturated carbocycles. The van der Waals surface area contributed by atoms with E-state index in [0.29, 0.717) is 23.9 Å². The lowest BCUT2D eigenvalue weighted by Gasteiger charge is -2.22. The van der Waals surface area contributed by atoms with Gasteiger partial charge in [-0.15, -0.1) is 0 Å². The third-order valence-electron chi connectivity index (χ3n) is 5.16. The minimum atomic E-state index is -0.520. The summed E-state index contributed by atoms with van der Waals surface area (Å²) in [5.41, 5.74) is 2.50. The number of hydrogen-bond acceptors (Lipinski definition) is 6. The molecule has 29 heavy (non-hydrogen) atoms. The fraction of sp³-hybridized carbons (Fsp3) is 0.304. The Morgan fingerprint density at radius 1 is 1.00 bits per heavy atom. The zero-order valence-corrected chi connectivity index (χ0v) is 16.1. The lowest BCUT2D eigenvalue weighted by atomic mass is 10.0. The maximum Gasteiger partial charge on any atom is 0.223 e. The molecular formula is C23H23N5O. The second-order valence-electron chi connectivity index (χ2n) is 7.14. The average molecular weight is 385 g/mol. The molecule has 0 amide bonds. The molecule has 0 bridgehead atoms. The average Bonchev–Trinajstić information content (AvgIpc) is 3.21. The molecule has 0 spiro atoms. The molecule has 0 saturated heterocycles. The van der Waals surface area contributed by atoms with Crippen molar-refractivity contribution in [3.63, 3.8) is 0 Å². The summed E-state index contributed by atoms with van der Waals surface area (Å²) in [5.74, 6) is 0.00680. The quantitative estimate of drug-likeness (QED) is 0.660. The first-order valence-corrected chi connectivity index (χ1v) is 9.89. The van der Waals surface area contributed by atoms with Gasteiger partial charge in [0.2, 0.25) is 5.95 Å². The molecule has 6 heteroatoms. The number of nitrogens with one attached hydrogen (secondary N) is 1. The largest absolute Gasteiger partial charge is 0.371 e. The number of hydrogen-bond donors (Lipinski definition) is 1. The van der Waals surface area contributed by atoms with Gasteiger partial charge in [0.25, 0.3) is 0 Å². The summed E-state index contributed by atoms with van der Waals surface area (Å²) in [6.07, 6.45) is 6.62. The first-order valence-electron chi connectivity index (χ1n) is 9.89. The van der Waals surface area contributed by atoms with E-state index in [4.69, 9.17) is 4.74 Å². The third kappa shape index (κ3) is 4.76. The summed E-state index contributed by atoms with van der Waals surface area (Å²) in [5, 5.41) is 13.1. The van der Waals surface area contributed by atoms with Crippen LogP contribution >= 0.6 is 0 Å². The van der Waals surface area contributed by atoms with Crippen LogP contribution in [-0.4, -0.2) is 27.1 Å². The molecule has 1 aliphatic rings. The van der Waals surface area contributed by atoms with E-state index in [0.717, 1.165) is 19.3 Å². The SMILES string of the molecule is N#CC(c1ccccn1)c1ccnc(NC2CCCC2OCc2ccccc2)n1. The molecule has 6 nitrogen and oxygen atoms in total. The summed E-state index contributed by atoms with van der Waals surface area (Å²) >= 11 is 0. The smallest absolute Gasteiger partial charge is 0.223 e. The Hall–Kier alpha value is -3.30. The number of benzene rings is 1. The summed E-state index contributed by atoms with van der Waals surface area (Å²) in [7, 11) is 0. The molecule has 1 N–H and O–H groups in total. The topological polar surface area (TPSA) is 83.7 Å².